The van der Waals surface area contributed by atoms with E-state index in [-0.39, 0.29) is 25.5 Å². The van der Waals surface area contributed by atoms with Crippen molar-refractivity contribution in [2.24, 2.45) is 0 Å². The number of nitrogens with zero attached hydrogens (tertiary/aromatic N) is 1. The van der Waals surface area contributed by atoms with Gasteiger partial charge in [0.15, 0.2) is 0 Å². The molecule has 0 radical (unpaired) electrons. The lowest BCUT2D eigenvalue weighted by Gasteiger charge is -2.18. The van der Waals surface area contributed by atoms with Crippen LogP contribution < -0.4 is 5.32 Å². The summed E-state index contributed by atoms with van der Waals surface area (Å²) in [7, 11) is -3.37. The van der Waals surface area contributed by atoms with Gasteiger partial charge in [-0.1, -0.05) is 6.07 Å². The number of carbonyl (C=O) groups is 1. The van der Waals surface area contributed by atoms with Crippen LogP contribution in [-0.2, 0) is 16.6 Å². The Labute approximate surface area is 127 Å². The number of rotatable bonds is 7. The van der Waals surface area contributed by atoms with Crippen molar-refractivity contribution in [3.05, 3.63) is 46.5 Å². The van der Waals surface area contributed by atoms with E-state index < -0.39 is 10.0 Å². The quantitative estimate of drug-likeness (QED) is 0.836. The molecule has 2 aromatic heterocycles. The van der Waals surface area contributed by atoms with Gasteiger partial charge in [0.1, 0.15) is 5.76 Å². The van der Waals surface area contributed by atoms with Crippen LogP contribution in [0, 0.1) is 0 Å². The van der Waals surface area contributed by atoms with Gasteiger partial charge in [0.25, 0.3) is 5.91 Å². The first-order valence-corrected chi connectivity index (χ1v) is 8.99. The van der Waals surface area contributed by atoms with E-state index in [0.717, 1.165) is 6.26 Å². The van der Waals surface area contributed by atoms with Gasteiger partial charge in [-0.05, 0) is 23.6 Å². The maximum Gasteiger partial charge on any atom is 0.261 e. The van der Waals surface area contributed by atoms with Gasteiger partial charge in [0.05, 0.1) is 23.9 Å². The fraction of sp³-hybridized carbons (Fsp3) is 0.308. The van der Waals surface area contributed by atoms with Gasteiger partial charge in [-0.3, -0.25) is 4.79 Å². The highest BCUT2D eigenvalue weighted by molar-refractivity contribution is 7.88. The normalized spacial score (nSPS) is 11.7. The molecule has 2 aromatic rings. The molecular weight excluding hydrogens is 312 g/mol. The molecule has 1 amide bonds. The Kier molecular flexibility index (Phi) is 5.16. The third-order valence-electron chi connectivity index (χ3n) is 2.77. The maximum atomic E-state index is 11.8. The van der Waals surface area contributed by atoms with E-state index in [4.69, 9.17) is 4.42 Å². The molecule has 0 bridgehead atoms. The van der Waals surface area contributed by atoms with Crippen LogP contribution in [-0.4, -0.2) is 38.0 Å². The largest absolute Gasteiger partial charge is 0.468 e. The summed E-state index contributed by atoms with van der Waals surface area (Å²) in [5.74, 6) is 0.362. The lowest BCUT2D eigenvalue weighted by Crippen LogP contribution is -2.37. The molecule has 114 valence electrons. The highest BCUT2D eigenvalue weighted by atomic mass is 32.2. The van der Waals surface area contributed by atoms with Crippen LogP contribution in [0.1, 0.15) is 15.4 Å². The molecular formula is C13H16N2O4S2. The lowest BCUT2D eigenvalue weighted by atomic mass is 10.4. The lowest BCUT2D eigenvalue weighted by molar-refractivity contribution is 0.0955. The molecule has 0 aliphatic heterocycles. The molecule has 0 saturated heterocycles. The number of amides is 1. The molecule has 0 saturated carbocycles. The Morgan fingerprint density at radius 2 is 2.19 bits per heavy atom. The van der Waals surface area contributed by atoms with Gasteiger partial charge in [0, 0.05) is 13.1 Å². The smallest absolute Gasteiger partial charge is 0.261 e. The van der Waals surface area contributed by atoms with E-state index in [1.807, 2.05) is 5.38 Å². The minimum Gasteiger partial charge on any atom is -0.468 e. The van der Waals surface area contributed by atoms with Crippen LogP contribution in [0.15, 0.2) is 40.3 Å². The molecule has 21 heavy (non-hydrogen) atoms. The topological polar surface area (TPSA) is 79.6 Å². The van der Waals surface area contributed by atoms with E-state index in [2.05, 4.69) is 5.32 Å². The molecule has 0 aliphatic rings. The molecule has 0 spiro atoms. The summed E-state index contributed by atoms with van der Waals surface area (Å²) in [5.41, 5.74) is 0. The number of thiophene rings is 1. The SMILES string of the molecule is CS(=O)(=O)N(CCNC(=O)c1cccs1)Cc1ccco1. The third-order valence-corrected chi connectivity index (χ3v) is 4.89. The van der Waals surface area contributed by atoms with Crippen molar-refractivity contribution < 1.29 is 17.6 Å². The van der Waals surface area contributed by atoms with E-state index >= 15 is 0 Å². The first kappa shape index (κ1) is 15.7. The van der Waals surface area contributed by atoms with Gasteiger partial charge in [-0.15, -0.1) is 11.3 Å². The predicted molar refractivity (Wildman–Crippen MR) is 80.6 cm³/mol. The van der Waals surface area contributed by atoms with E-state index in [9.17, 15) is 13.2 Å². The Hall–Kier alpha value is -1.64. The minimum absolute atomic E-state index is 0.153. The van der Waals surface area contributed by atoms with E-state index in [1.54, 1.807) is 24.3 Å². The Bertz CT molecular complexity index is 663. The summed E-state index contributed by atoms with van der Waals surface area (Å²) in [6, 6.07) is 6.92. The summed E-state index contributed by atoms with van der Waals surface area (Å²) < 4.78 is 29.9. The molecule has 2 heterocycles. The summed E-state index contributed by atoms with van der Waals surface area (Å²) >= 11 is 1.34. The number of sulfonamides is 1. The van der Waals surface area contributed by atoms with Gasteiger partial charge < -0.3 is 9.73 Å². The van der Waals surface area contributed by atoms with Crippen molar-refractivity contribution in [2.75, 3.05) is 19.3 Å². The first-order valence-electron chi connectivity index (χ1n) is 6.26. The van der Waals surface area contributed by atoms with Crippen LogP contribution in [0.4, 0.5) is 0 Å². The molecule has 0 aromatic carbocycles. The van der Waals surface area contributed by atoms with Crippen molar-refractivity contribution in [1.29, 1.82) is 0 Å². The average Bonchev–Trinajstić information content (AvgIpc) is 3.09. The fourth-order valence-corrected chi connectivity index (χ4v) is 3.15. The fourth-order valence-electron chi connectivity index (χ4n) is 1.73. The van der Waals surface area contributed by atoms with E-state index in [0.29, 0.717) is 10.6 Å². The molecule has 6 nitrogen and oxygen atoms in total. The second-order valence-electron chi connectivity index (χ2n) is 4.41. The zero-order valence-electron chi connectivity index (χ0n) is 11.5. The monoisotopic (exact) mass is 328 g/mol. The number of hydrogen-bond donors (Lipinski definition) is 1. The molecule has 0 fully saturated rings. The Balaban J connectivity index is 1.89. The van der Waals surface area contributed by atoms with Gasteiger partial charge >= 0.3 is 0 Å². The third kappa shape index (κ3) is 4.69. The van der Waals surface area contributed by atoms with Crippen molar-refractivity contribution in [2.45, 2.75) is 6.54 Å². The molecule has 0 aliphatic carbocycles. The van der Waals surface area contributed by atoms with Gasteiger partial charge in [-0.2, -0.15) is 4.31 Å². The Morgan fingerprint density at radius 1 is 1.38 bits per heavy atom. The minimum atomic E-state index is -3.37. The van der Waals surface area contributed by atoms with Crippen molar-refractivity contribution in [1.82, 2.24) is 9.62 Å². The maximum absolute atomic E-state index is 11.8. The van der Waals surface area contributed by atoms with E-state index in [1.165, 1.54) is 21.9 Å². The van der Waals surface area contributed by atoms with Crippen LogP contribution in [0.2, 0.25) is 0 Å². The first-order chi connectivity index (χ1) is 9.97. The van der Waals surface area contributed by atoms with Gasteiger partial charge in [-0.25, -0.2) is 8.42 Å². The zero-order valence-corrected chi connectivity index (χ0v) is 13.1. The highest BCUT2D eigenvalue weighted by Gasteiger charge is 2.18. The van der Waals surface area contributed by atoms with Crippen LogP contribution in [0.25, 0.3) is 0 Å². The van der Waals surface area contributed by atoms with Crippen molar-refractivity contribution >= 4 is 27.3 Å². The van der Waals surface area contributed by atoms with Gasteiger partial charge in [0.2, 0.25) is 10.0 Å². The summed E-state index contributed by atoms with van der Waals surface area (Å²) in [6.45, 7) is 0.585. The second-order valence-corrected chi connectivity index (χ2v) is 7.34. The zero-order chi connectivity index (χ0) is 15.3. The van der Waals surface area contributed by atoms with Crippen molar-refractivity contribution in [3.8, 4) is 0 Å². The Morgan fingerprint density at radius 3 is 2.76 bits per heavy atom. The van der Waals surface area contributed by atoms with Crippen molar-refractivity contribution in [3.63, 3.8) is 0 Å². The van der Waals surface area contributed by atoms with Crippen LogP contribution >= 0.6 is 11.3 Å². The molecule has 1 N–H and O–H groups in total. The second kappa shape index (κ2) is 6.88. The highest BCUT2D eigenvalue weighted by Crippen LogP contribution is 2.09. The molecule has 8 heteroatoms. The molecule has 2 rings (SSSR count). The summed E-state index contributed by atoms with van der Waals surface area (Å²) in [4.78, 5) is 12.4. The summed E-state index contributed by atoms with van der Waals surface area (Å²) in [5, 5.41) is 4.52. The standard InChI is InChI=1S/C13H16N2O4S2/c1-21(17,18)15(10-11-4-2-8-19-11)7-6-14-13(16)12-5-3-9-20-12/h2-5,8-9H,6-7,10H2,1H3,(H,14,16). The average molecular weight is 328 g/mol. The molecule has 0 unspecified atom stereocenters. The summed E-state index contributed by atoms with van der Waals surface area (Å²) in [6.07, 6.45) is 2.63. The van der Waals surface area contributed by atoms with Crippen LogP contribution in [0.5, 0.6) is 0 Å². The number of hydrogen-bond acceptors (Lipinski definition) is 5. The number of carbonyl (C=O) groups excluding carboxylic acids is 1. The molecule has 0 atom stereocenters. The number of furan rings is 1. The van der Waals surface area contributed by atoms with Crippen LogP contribution in [0.3, 0.4) is 0 Å². The predicted octanol–water partition coefficient (Wildman–Crippen LogP) is 1.53. The number of nitrogens with one attached hydrogen (secondary N) is 1.